The highest BCUT2D eigenvalue weighted by Gasteiger charge is 2.53. The van der Waals surface area contributed by atoms with E-state index in [1.165, 1.54) is 25.5 Å². The second kappa shape index (κ2) is 11.0. The zero-order valence-electron chi connectivity index (χ0n) is 24.5. The molecule has 0 N–H and O–H groups in total. The van der Waals surface area contributed by atoms with E-state index in [2.05, 4.69) is 15.0 Å². The van der Waals surface area contributed by atoms with Gasteiger partial charge in [-0.2, -0.15) is 4.98 Å². The van der Waals surface area contributed by atoms with Crippen molar-refractivity contribution in [3.63, 3.8) is 0 Å². The third-order valence-corrected chi connectivity index (χ3v) is 10.3. The summed E-state index contributed by atoms with van der Waals surface area (Å²) in [4.78, 5) is 37.7. The summed E-state index contributed by atoms with van der Waals surface area (Å²) in [6.07, 6.45) is 15.2. The Morgan fingerprint density at radius 3 is 2.48 bits per heavy atom. The molecule has 9 nitrogen and oxygen atoms in total. The minimum absolute atomic E-state index is 0.0123. The van der Waals surface area contributed by atoms with Crippen LogP contribution in [0.5, 0.6) is 0 Å². The van der Waals surface area contributed by atoms with E-state index in [0.29, 0.717) is 18.4 Å². The monoisotopic (exact) mass is 572 g/mol. The molecule has 222 valence electrons. The third-order valence-electron chi connectivity index (χ3n) is 10.3. The highest BCUT2D eigenvalue weighted by molar-refractivity contribution is 5.96. The molecule has 0 aliphatic heterocycles. The summed E-state index contributed by atoms with van der Waals surface area (Å²) < 4.78 is 16.6. The highest BCUT2D eigenvalue weighted by Crippen LogP contribution is 2.58. The summed E-state index contributed by atoms with van der Waals surface area (Å²) in [7, 11) is 0. The molecule has 5 fully saturated rings. The predicted molar refractivity (Wildman–Crippen MR) is 155 cm³/mol. The topological polar surface area (TPSA) is 112 Å². The lowest BCUT2D eigenvalue weighted by Crippen LogP contribution is -2.51. The van der Waals surface area contributed by atoms with Gasteiger partial charge in [0.25, 0.3) is 0 Å². The average Bonchev–Trinajstić information content (AvgIpc) is 3.54. The van der Waals surface area contributed by atoms with E-state index in [1.807, 2.05) is 24.3 Å². The van der Waals surface area contributed by atoms with Crippen LogP contribution in [0.15, 0.2) is 39.5 Å². The van der Waals surface area contributed by atoms with Gasteiger partial charge in [0.2, 0.25) is 17.7 Å². The Labute approximate surface area is 246 Å². The van der Waals surface area contributed by atoms with Crippen molar-refractivity contribution in [3.05, 3.63) is 47.9 Å². The van der Waals surface area contributed by atoms with Crippen molar-refractivity contribution in [1.29, 1.82) is 0 Å². The van der Waals surface area contributed by atoms with Crippen LogP contribution in [0, 0.1) is 11.3 Å². The fourth-order valence-electron chi connectivity index (χ4n) is 7.49. The van der Waals surface area contributed by atoms with Crippen LogP contribution in [0.25, 0.3) is 11.5 Å². The Bertz CT molecular complexity index is 1430. The molecular formula is C33H40N4O5. The van der Waals surface area contributed by atoms with Gasteiger partial charge < -0.3 is 18.6 Å². The van der Waals surface area contributed by atoms with Crippen molar-refractivity contribution >= 4 is 17.6 Å². The fraction of sp³-hybridized carbons (Fsp3) is 0.606. The highest BCUT2D eigenvalue weighted by atomic mass is 16.5. The van der Waals surface area contributed by atoms with Crippen LogP contribution in [0.3, 0.4) is 0 Å². The van der Waals surface area contributed by atoms with Crippen LogP contribution in [0.4, 0.5) is 5.69 Å². The molecule has 1 amide bonds. The summed E-state index contributed by atoms with van der Waals surface area (Å²) >= 11 is 0. The molecule has 3 aromatic rings. The van der Waals surface area contributed by atoms with E-state index in [4.69, 9.17) is 18.7 Å². The quantitative estimate of drug-likeness (QED) is 0.252. The maximum absolute atomic E-state index is 14.2. The van der Waals surface area contributed by atoms with Gasteiger partial charge in [0.05, 0.1) is 6.61 Å². The van der Waals surface area contributed by atoms with Gasteiger partial charge in [0.1, 0.15) is 6.26 Å². The molecule has 9 heteroatoms. The van der Waals surface area contributed by atoms with Crippen LogP contribution in [-0.2, 0) is 14.9 Å². The molecule has 0 atom stereocenters. The standard InChI is InChI=1S/C33H40N4O5/c1-2-40-30(39)26-20-41-28(34-26)24-9-6-10-25(19-24)37(29(38)23-7-4-3-5-8-23)21-32-13-16-33(17-14-32,18-15-32)31-35-27(36-42-31)22-11-12-22/h6,9-10,19-20,22-23H,2-5,7-8,11-18,21H2,1H3. The van der Waals surface area contributed by atoms with Crippen molar-refractivity contribution in [2.75, 3.05) is 18.1 Å². The Kier molecular flexibility index (Phi) is 7.14. The molecule has 5 aliphatic carbocycles. The van der Waals surface area contributed by atoms with Crippen LogP contribution >= 0.6 is 0 Å². The first-order chi connectivity index (χ1) is 20.5. The molecule has 0 saturated heterocycles. The molecule has 1 aromatic carbocycles. The van der Waals surface area contributed by atoms with Gasteiger partial charge in [-0.3, -0.25) is 4.79 Å². The van der Waals surface area contributed by atoms with E-state index in [1.54, 1.807) is 6.92 Å². The number of anilines is 1. The molecule has 0 unspecified atom stereocenters. The number of esters is 1. The minimum atomic E-state index is -0.508. The van der Waals surface area contributed by atoms with Crippen molar-refractivity contribution in [2.45, 2.75) is 102 Å². The van der Waals surface area contributed by atoms with Gasteiger partial charge in [0.15, 0.2) is 11.5 Å². The average molecular weight is 573 g/mol. The van der Waals surface area contributed by atoms with Crippen molar-refractivity contribution in [2.24, 2.45) is 11.3 Å². The first kappa shape index (κ1) is 27.3. The molecule has 2 aromatic heterocycles. The number of nitrogens with zero attached hydrogens (tertiary/aromatic N) is 4. The molecule has 2 bridgehead atoms. The van der Waals surface area contributed by atoms with Gasteiger partial charge in [-0.15, -0.1) is 0 Å². The second-order valence-corrected chi connectivity index (χ2v) is 13.1. The largest absolute Gasteiger partial charge is 0.461 e. The zero-order valence-corrected chi connectivity index (χ0v) is 24.5. The molecule has 5 aliphatic rings. The number of carbonyl (C=O) groups excluding carboxylic acids is 2. The molecule has 5 saturated carbocycles. The Balaban J connectivity index is 1.14. The van der Waals surface area contributed by atoms with Gasteiger partial charge >= 0.3 is 5.97 Å². The van der Waals surface area contributed by atoms with E-state index in [-0.39, 0.29) is 35.0 Å². The minimum Gasteiger partial charge on any atom is -0.461 e. The summed E-state index contributed by atoms with van der Waals surface area (Å²) in [6.45, 7) is 2.74. The molecule has 2 heterocycles. The maximum atomic E-state index is 14.2. The number of fused-ring (bicyclic) bond motifs is 3. The SMILES string of the molecule is CCOC(=O)c1coc(-c2cccc(N(CC34CCC(c5nc(C6CC6)no5)(CC3)CC4)C(=O)C3CCCCC3)c2)n1. The number of amides is 1. The van der Waals surface area contributed by atoms with E-state index < -0.39 is 5.97 Å². The Hall–Kier alpha value is -3.49. The lowest BCUT2D eigenvalue weighted by atomic mass is 9.53. The van der Waals surface area contributed by atoms with Crippen molar-refractivity contribution in [1.82, 2.24) is 15.1 Å². The summed E-state index contributed by atoms with van der Waals surface area (Å²) in [5.74, 6) is 2.35. The van der Waals surface area contributed by atoms with Crippen LogP contribution < -0.4 is 4.90 Å². The Morgan fingerprint density at radius 2 is 1.76 bits per heavy atom. The first-order valence-electron chi connectivity index (χ1n) is 15.9. The smallest absolute Gasteiger partial charge is 0.360 e. The number of ether oxygens (including phenoxy) is 1. The number of hydrogen-bond donors (Lipinski definition) is 0. The van der Waals surface area contributed by atoms with Crippen LogP contribution in [0.1, 0.15) is 119 Å². The fourth-order valence-corrected chi connectivity index (χ4v) is 7.49. The summed E-state index contributed by atoms with van der Waals surface area (Å²) in [5, 5.41) is 4.32. The van der Waals surface area contributed by atoms with E-state index >= 15 is 0 Å². The Morgan fingerprint density at radius 1 is 1.00 bits per heavy atom. The summed E-state index contributed by atoms with van der Waals surface area (Å²) in [6, 6.07) is 7.84. The second-order valence-electron chi connectivity index (χ2n) is 13.1. The van der Waals surface area contributed by atoms with Gasteiger partial charge in [-0.1, -0.05) is 30.5 Å². The molecule has 0 radical (unpaired) electrons. The molecule has 42 heavy (non-hydrogen) atoms. The molecule has 8 rings (SSSR count). The lowest BCUT2D eigenvalue weighted by molar-refractivity contribution is -0.124. The van der Waals surface area contributed by atoms with E-state index in [9.17, 15) is 9.59 Å². The zero-order chi connectivity index (χ0) is 28.7. The number of hydrogen-bond acceptors (Lipinski definition) is 8. The van der Waals surface area contributed by atoms with Crippen molar-refractivity contribution in [3.8, 4) is 11.5 Å². The number of oxazole rings is 1. The number of carbonyl (C=O) groups is 2. The van der Waals surface area contributed by atoms with Crippen LogP contribution in [-0.4, -0.2) is 40.2 Å². The van der Waals surface area contributed by atoms with Gasteiger partial charge in [0, 0.05) is 35.0 Å². The number of benzene rings is 1. The third kappa shape index (κ3) is 5.15. The summed E-state index contributed by atoms with van der Waals surface area (Å²) in [5.41, 5.74) is 1.80. The lowest BCUT2D eigenvalue weighted by Gasteiger charge is -2.53. The van der Waals surface area contributed by atoms with Gasteiger partial charge in [-0.25, -0.2) is 9.78 Å². The first-order valence-corrected chi connectivity index (χ1v) is 15.9. The molecule has 0 spiro atoms. The predicted octanol–water partition coefficient (Wildman–Crippen LogP) is 6.98. The maximum Gasteiger partial charge on any atom is 0.360 e. The van der Waals surface area contributed by atoms with Gasteiger partial charge in [-0.05, 0) is 94.7 Å². The normalized spacial score (nSPS) is 25.8. The molecular weight excluding hydrogens is 532 g/mol. The number of aromatic nitrogens is 3. The van der Waals surface area contributed by atoms with Crippen LogP contribution in [0.2, 0.25) is 0 Å². The van der Waals surface area contributed by atoms with Crippen molar-refractivity contribution < 1.29 is 23.3 Å². The number of rotatable bonds is 9. The van der Waals surface area contributed by atoms with E-state index in [0.717, 1.165) is 87.2 Å².